The fourth-order valence-corrected chi connectivity index (χ4v) is 9.54. The molecule has 6 aromatic rings. The maximum atomic E-state index is 3.78. The Balaban J connectivity index is 0.000000195. The molecular weight excluding hydrogens is 463 g/mol. The third-order valence-corrected chi connectivity index (χ3v) is 11.6. The van der Waals surface area contributed by atoms with E-state index in [0.29, 0.717) is 0 Å². The zero-order valence-corrected chi connectivity index (χ0v) is 22.2. The second-order valence-corrected chi connectivity index (χ2v) is 12.8. The summed E-state index contributed by atoms with van der Waals surface area (Å²) in [5, 5.41) is 9.66. The molecule has 0 saturated carbocycles. The monoisotopic (exact) mass is 495 g/mol. The van der Waals surface area contributed by atoms with Crippen LogP contribution in [0.1, 0.15) is 12.5 Å². The van der Waals surface area contributed by atoms with Gasteiger partial charge in [-0.3, -0.25) is 0 Å². The topological polar surface area (TPSA) is 0 Å². The lowest BCUT2D eigenvalue weighted by atomic mass is 10.1. The fraction of sp³-hybridized carbons (Fsp3) is 0.0556. The predicted molar refractivity (Wildman–Crippen MR) is 167 cm³/mol. The molecule has 0 unspecified atom stereocenters. The number of benzene rings is 6. The Morgan fingerprint density at radius 2 is 0.973 bits per heavy atom. The first kappa shape index (κ1) is 24.7. The lowest BCUT2D eigenvalue weighted by molar-refractivity contribution is 1.49. The van der Waals surface area contributed by atoms with Crippen molar-refractivity contribution in [2.45, 2.75) is 6.92 Å². The van der Waals surface area contributed by atoms with Crippen molar-refractivity contribution in [3.63, 3.8) is 0 Å². The quantitative estimate of drug-likeness (QED) is 0.210. The molecule has 0 aliphatic rings. The van der Waals surface area contributed by atoms with E-state index in [2.05, 4.69) is 159 Å². The lowest BCUT2D eigenvalue weighted by Crippen LogP contribution is -2.33. The van der Waals surface area contributed by atoms with Gasteiger partial charge in [-0.25, -0.2) is 0 Å². The first-order valence-electron chi connectivity index (χ1n) is 12.9. The van der Waals surface area contributed by atoms with Gasteiger partial charge in [-0.05, 0) is 59.0 Å². The minimum Gasteiger partial charge on any atom is -0.0984 e. The Bertz CT molecular complexity index is 1570. The Labute approximate surface area is 221 Å². The number of rotatable bonds is 5. The van der Waals surface area contributed by atoms with Crippen molar-refractivity contribution in [3.8, 4) is 0 Å². The molecule has 0 heterocycles. The molecule has 0 nitrogen and oxygen atoms in total. The third kappa shape index (κ3) is 4.86. The van der Waals surface area contributed by atoms with Crippen LogP contribution in [0, 0.1) is 0 Å². The average Bonchev–Trinajstić information content (AvgIpc) is 2.99. The molecule has 6 rings (SSSR count). The Hall–Kier alpha value is -3.99. The molecule has 0 aromatic heterocycles. The summed E-state index contributed by atoms with van der Waals surface area (Å²) < 4.78 is 0. The van der Waals surface area contributed by atoms with E-state index in [1.165, 1.54) is 43.0 Å². The van der Waals surface area contributed by atoms with Gasteiger partial charge in [0.05, 0.1) is 6.16 Å². The van der Waals surface area contributed by atoms with Crippen LogP contribution in [0.5, 0.6) is 0 Å². The van der Waals surface area contributed by atoms with Crippen molar-refractivity contribution in [1.29, 1.82) is 0 Å². The zero-order valence-electron chi connectivity index (χ0n) is 21.3. The van der Waals surface area contributed by atoms with Crippen LogP contribution in [0.15, 0.2) is 152 Å². The van der Waals surface area contributed by atoms with Crippen molar-refractivity contribution in [2.75, 3.05) is 6.16 Å². The summed E-state index contributed by atoms with van der Waals surface area (Å²) in [5.41, 5.74) is 1.20. The fourth-order valence-electron chi connectivity index (χ4n) is 5.30. The summed E-state index contributed by atoms with van der Waals surface area (Å²) in [6.45, 7) is 6.12. The van der Waals surface area contributed by atoms with Crippen LogP contribution in [-0.4, -0.2) is 6.16 Å². The van der Waals surface area contributed by atoms with Crippen molar-refractivity contribution < 1.29 is 0 Å². The maximum absolute atomic E-state index is 3.78. The molecule has 1 heteroatoms. The largest absolute Gasteiger partial charge is 0.112 e. The predicted octanol–water partition coefficient (Wildman–Crippen LogP) is 8.64. The molecule has 0 N–H and O–H groups in total. The number of hydrogen-bond acceptors (Lipinski definition) is 0. The van der Waals surface area contributed by atoms with E-state index in [4.69, 9.17) is 0 Å². The highest BCUT2D eigenvalue weighted by atomic mass is 31.2. The minimum atomic E-state index is -1.68. The summed E-state index contributed by atoms with van der Waals surface area (Å²) in [5.74, 6) is 0. The summed E-state index contributed by atoms with van der Waals surface area (Å²) in [6, 6.07) is 52.3. The van der Waals surface area contributed by atoms with Gasteiger partial charge in [-0.1, -0.05) is 128 Å². The molecule has 0 fully saturated rings. The van der Waals surface area contributed by atoms with Crippen LogP contribution in [0.3, 0.4) is 0 Å². The van der Waals surface area contributed by atoms with E-state index in [0.717, 1.165) is 6.16 Å². The Kier molecular flexibility index (Phi) is 7.59. The molecule has 0 aliphatic heterocycles. The molecule has 0 aliphatic carbocycles. The summed E-state index contributed by atoms with van der Waals surface area (Å²) in [4.78, 5) is 0. The van der Waals surface area contributed by atoms with Crippen LogP contribution >= 0.6 is 7.26 Å². The van der Waals surface area contributed by atoms with Crippen molar-refractivity contribution >= 4 is 50.8 Å². The van der Waals surface area contributed by atoms with Crippen LogP contribution in [0.4, 0.5) is 0 Å². The van der Waals surface area contributed by atoms with Gasteiger partial charge in [0.2, 0.25) is 0 Å². The molecule has 0 spiro atoms. The van der Waals surface area contributed by atoms with Crippen molar-refractivity contribution in [3.05, 3.63) is 158 Å². The Morgan fingerprint density at radius 1 is 0.514 bits per heavy atom. The average molecular weight is 496 g/mol. The number of fused-ring (bicyclic) bond motifs is 2. The smallest absolute Gasteiger partial charge is 0.0984 e. The van der Waals surface area contributed by atoms with E-state index >= 15 is 0 Å². The highest BCUT2D eigenvalue weighted by Crippen LogP contribution is 2.56. The van der Waals surface area contributed by atoms with Crippen LogP contribution < -0.4 is 15.9 Å². The molecule has 0 amide bonds. The molecule has 0 radical (unpaired) electrons. The second-order valence-electron chi connectivity index (χ2n) is 9.07. The molecule has 0 atom stereocenters. The summed E-state index contributed by atoms with van der Waals surface area (Å²) >= 11 is 0. The van der Waals surface area contributed by atoms with Crippen LogP contribution in [0.25, 0.3) is 27.6 Å². The molecule has 0 saturated heterocycles. The van der Waals surface area contributed by atoms with Gasteiger partial charge in [0.25, 0.3) is 0 Å². The van der Waals surface area contributed by atoms with Crippen molar-refractivity contribution in [2.24, 2.45) is 0 Å². The van der Waals surface area contributed by atoms with Crippen molar-refractivity contribution in [1.82, 2.24) is 0 Å². The van der Waals surface area contributed by atoms with Gasteiger partial charge in [0.15, 0.2) is 0 Å². The molecule has 6 aromatic carbocycles. The molecular formula is C36H32P+. The standard InChI is InChI=1S/C24H22P.C12H10/c1-2-25(21-14-5-3-6-15-21,22-16-7-4-8-17-22)24-19-11-13-20-12-9-10-18-23(20)24;1-2-10-7-5-8-11-6-3-4-9-12(10)11/h3-19H,2H2,1H3;2-9H,1H2/q+1;. The van der Waals surface area contributed by atoms with Gasteiger partial charge >= 0.3 is 0 Å². The first-order chi connectivity index (χ1) is 18.3. The highest BCUT2D eigenvalue weighted by Gasteiger charge is 2.44. The highest BCUT2D eigenvalue weighted by molar-refractivity contribution is 7.96. The van der Waals surface area contributed by atoms with Gasteiger partial charge in [0, 0.05) is 5.39 Å². The SMILES string of the molecule is C=Cc1cccc2ccccc12.CC[P+](c1ccccc1)(c1ccccc1)c1cccc2ccccc12. The molecule has 37 heavy (non-hydrogen) atoms. The van der Waals surface area contributed by atoms with E-state index in [-0.39, 0.29) is 0 Å². The molecule has 0 bridgehead atoms. The normalized spacial score (nSPS) is 11.1. The van der Waals surface area contributed by atoms with Crippen LogP contribution in [0.2, 0.25) is 0 Å². The van der Waals surface area contributed by atoms with E-state index in [9.17, 15) is 0 Å². The number of hydrogen-bond donors (Lipinski definition) is 0. The summed E-state index contributed by atoms with van der Waals surface area (Å²) in [7, 11) is -1.68. The summed E-state index contributed by atoms with van der Waals surface area (Å²) in [6.07, 6.45) is 3.01. The zero-order chi connectivity index (χ0) is 25.5. The Morgan fingerprint density at radius 3 is 1.54 bits per heavy atom. The van der Waals surface area contributed by atoms with Gasteiger partial charge in [0.1, 0.15) is 23.2 Å². The molecule has 180 valence electrons. The van der Waals surface area contributed by atoms with Gasteiger partial charge in [-0.2, -0.15) is 0 Å². The van der Waals surface area contributed by atoms with Crippen LogP contribution in [-0.2, 0) is 0 Å². The first-order valence-corrected chi connectivity index (χ1v) is 14.8. The van der Waals surface area contributed by atoms with E-state index in [1.54, 1.807) is 0 Å². The van der Waals surface area contributed by atoms with Gasteiger partial charge < -0.3 is 0 Å². The second kappa shape index (κ2) is 11.4. The third-order valence-electron chi connectivity index (χ3n) is 7.09. The maximum Gasteiger partial charge on any atom is 0.112 e. The van der Waals surface area contributed by atoms with Gasteiger partial charge in [-0.15, -0.1) is 0 Å². The van der Waals surface area contributed by atoms with E-state index in [1.807, 2.05) is 6.08 Å². The minimum absolute atomic E-state index is 1.12. The lowest BCUT2D eigenvalue weighted by Gasteiger charge is -2.27. The van der Waals surface area contributed by atoms with E-state index < -0.39 is 7.26 Å².